The summed E-state index contributed by atoms with van der Waals surface area (Å²) in [6.07, 6.45) is 7.09. The highest BCUT2D eigenvalue weighted by atomic mass is 28.4. The number of rotatable bonds is 15. The van der Waals surface area contributed by atoms with Crippen LogP contribution in [0.25, 0.3) is 0 Å². The van der Waals surface area contributed by atoms with E-state index in [4.69, 9.17) is 18.0 Å². The van der Waals surface area contributed by atoms with E-state index in [9.17, 15) is 4.79 Å². The van der Waals surface area contributed by atoms with Gasteiger partial charge in [0.25, 0.3) is 0 Å². The van der Waals surface area contributed by atoms with E-state index in [1.165, 1.54) is 6.08 Å². The fourth-order valence-corrected chi connectivity index (χ4v) is 5.25. The van der Waals surface area contributed by atoms with Gasteiger partial charge in [-0.3, -0.25) is 4.79 Å². The molecule has 1 unspecified atom stereocenters. The third kappa shape index (κ3) is 8.03. The van der Waals surface area contributed by atoms with Crippen LogP contribution in [0.4, 0.5) is 0 Å². The van der Waals surface area contributed by atoms with Gasteiger partial charge < -0.3 is 18.0 Å². The zero-order chi connectivity index (χ0) is 18.5. The molecule has 0 N–H and O–H groups in total. The molecule has 0 bridgehead atoms. The van der Waals surface area contributed by atoms with Crippen LogP contribution in [0.2, 0.25) is 6.04 Å². The molecule has 0 radical (unpaired) electrons. The van der Waals surface area contributed by atoms with Gasteiger partial charge in [-0.15, -0.1) is 0 Å². The third-order valence-electron chi connectivity index (χ3n) is 3.53. The summed E-state index contributed by atoms with van der Waals surface area (Å²) in [7, 11) is -2.97. The number of carbonyl (C=O) groups excluding carboxylic acids is 1. The van der Waals surface area contributed by atoms with Crippen molar-refractivity contribution in [2.75, 3.05) is 19.8 Å². The Labute approximate surface area is 149 Å². The molecule has 0 aliphatic carbocycles. The Hall–Kier alpha value is -0.533. The first-order chi connectivity index (χ1) is 11.4. The number of unbranched alkanes of at least 4 members (excludes halogenated alkanes) is 2. The van der Waals surface area contributed by atoms with Crippen LogP contribution in [0.3, 0.4) is 0 Å². The molecule has 0 fully saturated rings. The first kappa shape index (κ1) is 23.5. The van der Waals surface area contributed by atoms with Gasteiger partial charge in [0.15, 0.2) is 0 Å². The molecule has 6 heteroatoms. The van der Waals surface area contributed by atoms with Crippen molar-refractivity contribution in [1.82, 2.24) is 0 Å². The third-order valence-corrected chi connectivity index (χ3v) is 6.80. The van der Waals surface area contributed by atoms with E-state index < -0.39 is 14.6 Å². The van der Waals surface area contributed by atoms with E-state index in [1.54, 1.807) is 19.9 Å². The van der Waals surface area contributed by atoms with Gasteiger partial charge in [-0.2, -0.15) is 0 Å². The van der Waals surface area contributed by atoms with Crippen molar-refractivity contribution in [1.29, 1.82) is 0 Å². The smallest absolute Gasteiger partial charge is 0.374 e. The first-order valence-electron chi connectivity index (χ1n) is 9.22. The fraction of sp³-hybridized carbons (Fsp3) is 0.833. The second-order valence-corrected chi connectivity index (χ2v) is 8.41. The van der Waals surface area contributed by atoms with Crippen LogP contribution in [0, 0.1) is 0 Å². The quantitative estimate of drug-likeness (QED) is 0.186. The normalized spacial score (nSPS) is 14.9. The largest absolute Gasteiger partial charge is 0.503 e. The maximum absolute atomic E-state index is 12.6. The minimum absolute atomic E-state index is 0.214. The van der Waals surface area contributed by atoms with Crippen molar-refractivity contribution in [3.63, 3.8) is 0 Å². The highest BCUT2D eigenvalue weighted by Gasteiger charge is 2.49. The zero-order valence-electron chi connectivity index (χ0n) is 16.4. The summed E-state index contributed by atoms with van der Waals surface area (Å²) in [5, 5.41) is 0. The van der Waals surface area contributed by atoms with Crippen LogP contribution in [-0.4, -0.2) is 40.2 Å². The SMILES string of the molecule is CC=CC(=O)C(C)(OCCCCC)O[Si](CCC)(OCC)OCC. The lowest BCUT2D eigenvalue weighted by atomic mass is 10.2. The summed E-state index contributed by atoms with van der Waals surface area (Å²) in [6, 6.07) is 0.658. The van der Waals surface area contributed by atoms with Gasteiger partial charge in [-0.25, -0.2) is 0 Å². The predicted molar refractivity (Wildman–Crippen MR) is 98.9 cm³/mol. The van der Waals surface area contributed by atoms with Crippen LogP contribution in [0.15, 0.2) is 12.2 Å². The summed E-state index contributed by atoms with van der Waals surface area (Å²) < 4.78 is 23.9. The second kappa shape index (κ2) is 12.8. The summed E-state index contributed by atoms with van der Waals surface area (Å²) in [4.78, 5) is 12.6. The van der Waals surface area contributed by atoms with Gasteiger partial charge >= 0.3 is 8.80 Å². The molecule has 0 aromatic heterocycles. The number of allylic oxidation sites excluding steroid dienone is 1. The maximum Gasteiger partial charge on any atom is 0.503 e. The minimum atomic E-state index is -2.97. The van der Waals surface area contributed by atoms with Gasteiger partial charge in [-0.05, 0) is 40.2 Å². The van der Waals surface area contributed by atoms with Crippen molar-refractivity contribution in [2.24, 2.45) is 0 Å². The predicted octanol–water partition coefficient (Wildman–Crippen LogP) is 4.49. The van der Waals surface area contributed by atoms with Crippen LogP contribution in [-0.2, 0) is 22.8 Å². The topological polar surface area (TPSA) is 54.0 Å². The lowest BCUT2D eigenvalue weighted by Crippen LogP contribution is -2.56. The van der Waals surface area contributed by atoms with E-state index >= 15 is 0 Å². The average molecular weight is 361 g/mol. The molecule has 0 spiro atoms. The highest BCUT2D eigenvalue weighted by Crippen LogP contribution is 2.27. The van der Waals surface area contributed by atoms with Gasteiger partial charge in [0, 0.05) is 19.3 Å². The van der Waals surface area contributed by atoms with E-state index in [-0.39, 0.29) is 5.78 Å². The highest BCUT2D eigenvalue weighted by molar-refractivity contribution is 6.61. The van der Waals surface area contributed by atoms with Gasteiger partial charge in [0.1, 0.15) is 0 Å². The summed E-state index contributed by atoms with van der Waals surface area (Å²) in [5.74, 6) is -1.58. The molecule has 0 aromatic carbocycles. The van der Waals surface area contributed by atoms with Crippen LogP contribution in [0.1, 0.15) is 67.2 Å². The summed E-state index contributed by atoms with van der Waals surface area (Å²) in [5.41, 5.74) is 0. The molecule has 0 saturated carbocycles. The van der Waals surface area contributed by atoms with E-state index in [0.29, 0.717) is 25.9 Å². The molecular formula is C18H36O5Si. The Balaban J connectivity index is 5.36. The molecule has 0 aliphatic rings. The van der Waals surface area contributed by atoms with Gasteiger partial charge in [0.2, 0.25) is 11.6 Å². The Bertz CT molecular complexity index is 355. The summed E-state index contributed by atoms with van der Waals surface area (Å²) >= 11 is 0. The summed E-state index contributed by atoms with van der Waals surface area (Å²) in [6.45, 7) is 12.9. The average Bonchev–Trinajstić information content (AvgIpc) is 2.52. The molecule has 0 saturated heterocycles. The van der Waals surface area contributed by atoms with Crippen molar-refractivity contribution >= 4 is 14.6 Å². The minimum Gasteiger partial charge on any atom is -0.374 e. The molecule has 1 atom stereocenters. The van der Waals surface area contributed by atoms with Gasteiger partial charge in [-0.1, -0.05) is 39.2 Å². The zero-order valence-corrected chi connectivity index (χ0v) is 17.4. The standard InChI is InChI=1S/C18H36O5Si/c1-7-12-13-15-20-18(6,17(19)14-8-2)23-24(16-9-3,21-10-4)22-11-5/h8,14H,7,9-13,15-16H2,1-6H3. The van der Waals surface area contributed by atoms with E-state index in [1.807, 2.05) is 13.8 Å². The molecule has 0 rings (SSSR count). The van der Waals surface area contributed by atoms with Crippen molar-refractivity contribution < 1.29 is 22.8 Å². The van der Waals surface area contributed by atoms with E-state index in [2.05, 4.69) is 13.8 Å². The lowest BCUT2D eigenvalue weighted by molar-refractivity contribution is -0.199. The van der Waals surface area contributed by atoms with Crippen molar-refractivity contribution in [3.8, 4) is 0 Å². The molecule has 0 aromatic rings. The maximum atomic E-state index is 12.6. The van der Waals surface area contributed by atoms with Crippen molar-refractivity contribution in [2.45, 2.75) is 79.1 Å². The second-order valence-electron chi connectivity index (χ2n) is 5.77. The lowest BCUT2D eigenvalue weighted by Gasteiger charge is -2.37. The molecule has 0 heterocycles. The molecule has 5 nitrogen and oxygen atoms in total. The van der Waals surface area contributed by atoms with E-state index in [0.717, 1.165) is 25.7 Å². The number of hydrogen-bond donors (Lipinski definition) is 0. The Morgan fingerprint density at radius 3 is 2.12 bits per heavy atom. The van der Waals surface area contributed by atoms with Crippen LogP contribution >= 0.6 is 0 Å². The van der Waals surface area contributed by atoms with Crippen molar-refractivity contribution in [3.05, 3.63) is 12.2 Å². The molecule has 142 valence electrons. The first-order valence-corrected chi connectivity index (χ1v) is 11.2. The monoisotopic (exact) mass is 360 g/mol. The Kier molecular flexibility index (Phi) is 12.5. The van der Waals surface area contributed by atoms with Crippen LogP contribution in [0.5, 0.6) is 0 Å². The Morgan fingerprint density at radius 1 is 1.04 bits per heavy atom. The number of ether oxygens (including phenoxy) is 1. The number of carbonyl (C=O) groups is 1. The molecule has 24 heavy (non-hydrogen) atoms. The molecule has 0 amide bonds. The number of ketones is 1. The molecule has 0 aliphatic heterocycles. The van der Waals surface area contributed by atoms with Crippen LogP contribution < -0.4 is 0 Å². The fourth-order valence-electron chi connectivity index (χ4n) is 2.41. The molecular weight excluding hydrogens is 324 g/mol. The Morgan fingerprint density at radius 2 is 1.67 bits per heavy atom. The number of hydrogen-bond acceptors (Lipinski definition) is 5. The van der Waals surface area contributed by atoms with Gasteiger partial charge in [0.05, 0.1) is 6.61 Å².